The monoisotopic (exact) mass is 296 g/mol. The molecule has 1 fully saturated rings. The summed E-state index contributed by atoms with van der Waals surface area (Å²) in [6, 6.07) is 0. The van der Waals surface area contributed by atoms with Crippen molar-refractivity contribution in [2.45, 2.75) is 52.2 Å². The van der Waals surface area contributed by atoms with Gasteiger partial charge in [-0.25, -0.2) is 0 Å². The molecule has 120 valence electrons. The lowest BCUT2D eigenvalue weighted by atomic mass is 9.96. The number of nitrogens with one attached hydrogen (secondary N) is 1. The normalized spacial score (nSPS) is 19.3. The molecule has 0 spiro atoms. The average molecular weight is 296 g/mol. The van der Waals surface area contributed by atoms with E-state index in [0.29, 0.717) is 18.4 Å². The van der Waals surface area contributed by atoms with Gasteiger partial charge in [-0.1, -0.05) is 19.0 Å². The van der Waals surface area contributed by atoms with Crippen LogP contribution in [0.5, 0.6) is 0 Å². The summed E-state index contributed by atoms with van der Waals surface area (Å²) < 4.78 is 5.19. The smallest absolute Gasteiger partial charge is 0.229 e. The first-order valence-electron chi connectivity index (χ1n) is 7.98. The molecule has 2 heterocycles. The summed E-state index contributed by atoms with van der Waals surface area (Å²) >= 11 is 0. The molecule has 2 rings (SSSR count). The average Bonchev–Trinajstić information content (AvgIpc) is 2.89. The second-order valence-corrected chi connectivity index (χ2v) is 6.43. The maximum absolute atomic E-state index is 9.40. The van der Waals surface area contributed by atoms with Crippen LogP contribution in [0, 0.1) is 5.92 Å². The van der Waals surface area contributed by atoms with Crippen molar-refractivity contribution in [1.82, 2.24) is 20.4 Å². The fourth-order valence-electron chi connectivity index (χ4n) is 2.71. The van der Waals surface area contributed by atoms with Crippen LogP contribution in [-0.2, 0) is 6.54 Å². The van der Waals surface area contributed by atoms with Crippen molar-refractivity contribution in [2.24, 2.45) is 5.92 Å². The minimum Gasteiger partial charge on any atom is -0.392 e. The Hall–Kier alpha value is -0.980. The number of hydrogen-bond donors (Lipinski definition) is 2. The van der Waals surface area contributed by atoms with E-state index >= 15 is 0 Å². The Morgan fingerprint density at radius 3 is 2.62 bits per heavy atom. The Kier molecular flexibility index (Phi) is 6.14. The van der Waals surface area contributed by atoms with E-state index in [9.17, 15) is 5.11 Å². The lowest BCUT2D eigenvalue weighted by Gasteiger charge is -2.32. The third kappa shape index (κ3) is 5.37. The van der Waals surface area contributed by atoms with Gasteiger partial charge in [0, 0.05) is 12.5 Å². The highest BCUT2D eigenvalue weighted by atomic mass is 16.5. The zero-order valence-corrected chi connectivity index (χ0v) is 13.4. The molecule has 0 unspecified atom stereocenters. The number of aliphatic hydroxyl groups excluding tert-OH is 1. The van der Waals surface area contributed by atoms with Crippen molar-refractivity contribution in [1.29, 1.82) is 0 Å². The van der Waals surface area contributed by atoms with E-state index in [1.54, 1.807) is 0 Å². The molecule has 21 heavy (non-hydrogen) atoms. The minimum absolute atomic E-state index is 0.229. The first-order valence-corrected chi connectivity index (χ1v) is 7.98. The third-order valence-corrected chi connectivity index (χ3v) is 3.92. The van der Waals surface area contributed by atoms with Crippen LogP contribution in [0.3, 0.4) is 0 Å². The van der Waals surface area contributed by atoms with Gasteiger partial charge in [-0.2, -0.15) is 4.98 Å². The molecule has 6 nitrogen and oxygen atoms in total. The summed E-state index contributed by atoms with van der Waals surface area (Å²) in [6.07, 6.45) is 2.14. The SMILES string of the molecule is CC(C)c1nc(CNCC2CCN(C[C@@H](C)O)CC2)no1. The van der Waals surface area contributed by atoms with Crippen LogP contribution < -0.4 is 5.32 Å². The zero-order valence-electron chi connectivity index (χ0n) is 13.4. The zero-order chi connectivity index (χ0) is 15.2. The van der Waals surface area contributed by atoms with Gasteiger partial charge in [0.2, 0.25) is 5.89 Å². The van der Waals surface area contributed by atoms with Crippen LogP contribution in [-0.4, -0.2) is 52.4 Å². The quantitative estimate of drug-likeness (QED) is 0.792. The summed E-state index contributed by atoms with van der Waals surface area (Å²) in [6.45, 7) is 10.6. The van der Waals surface area contributed by atoms with Crippen molar-refractivity contribution < 1.29 is 9.63 Å². The predicted octanol–water partition coefficient (Wildman–Crippen LogP) is 1.38. The maximum atomic E-state index is 9.40. The topological polar surface area (TPSA) is 74.4 Å². The number of likely N-dealkylation sites (tertiary alicyclic amines) is 1. The lowest BCUT2D eigenvalue weighted by Crippen LogP contribution is -2.40. The van der Waals surface area contributed by atoms with Crippen LogP contribution in [0.4, 0.5) is 0 Å². The molecule has 1 aromatic heterocycles. The van der Waals surface area contributed by atoms with Gasteiger partial charge < -0.3 is 19.8 Å². The molecule has 0 saturated carbocycles. The van der Waals surface area contributed by atoms with E-state index < -0.39 is 0 Å². The Bertz CT molecular complexity index is 412. The van der Waals surface area contributed by atoms with Gasteiger partial charge in [-0.05, 0) is 45.3 Å². The number of hydrogen-bond acceptors (Lipinski definition) is 6. The minimum atomic E-state index is -0.229. The molecule has 1 atom stereocenters. The van der Waals surface area contributed by atoms with Gasteiger partial charge in [0.1, 0.15) is 0 Å². The van der Waals surface area contributed by atoms with Crippen molar-refractivity contribution in [3.63, 3.8) is 0 Å². The molecule has 1 aliphatic heterocycles. The molecule has 0 aromatic carbocycles. The fourth-order valence-corrected chi connectivity index (χ4v) is 2.71. The van der Waals surface area contributed by atoms with Gasteiger partial charge in [0.15, 0.2) is 5.82 Å². The van der Waals surface area contributed by atoms with Crippen molar-refractivity contribution >= 4 is 0 Å². The summed E-state index contributed by atoms with van der Waals surface area (Å²) in [4.78, 5) is 6.70. The number of aliphatic hydroxyl groups is 1. The third-order valence-electron chi connectivity index (χ3n) is 3.92. The molecule has 1 aromatic rings. The number of piperidine rings is 1. The Balaban J connectivity index is 1.63. The van der Waals surface area contributed by atoms with E-state index in [0.717, 1.165) is 32.0 Å². The van der Waals surface area contributed by atoms with Gasteiger partial charge in [0.25, 0.3) is 0 Å². The van der Waals surface area contributed by atoms with E-state index in [1.807, 2.05) is 20.8 Å². The van der Waals surface area contributed by atoms with Gasteiger partial charge >= 0.3 is 0 Å². The van der Waals surface area contributed by atoms with E-state index in [4.69, 9.17) is 4.52 Å². The summed E-state index contributed by atoms with van der Waals surface area (Å²) in [5.74, 6) is 2.43. The van der Waals surface area contributed by atoms with Crippen LogP contribution >= 0.6 is 0 Å². The molecular formula is C15H28N4O2. The second-order valence-electron chi connectivity index (χ2n) is 6.43. The second kappa shape index (κ2) is 7.87. The maximum Gasteiger partial charge on any atom is 0.229 e. The molecule has 0 aliphatic carbocycles. The largest absolute Gasteiger partial charge is 0.392 e. The van der Waals surface area contributed by atoms with E-state index in [-0.39, 0.29) is 12.0 Å². The fraction of sp³-hybridized carbons (Fsp3) is 0.867. The molecule has 1 saturated heterocycles. The highest BCUT2D eigenvalue weighted by molar-refractivity contribution is 4.90. The van der Waals surface area contributed by atoms with E-state index in [2.05, 4.69) is 20.4 Å². The van der Waals surface area contributed by atoms with E-state index in [1.165, 1.54) is 12.8 Å². The summed E-state index contributed by atoms with van der Waals surface area (Å²) in [5, 5.41) is 16.8. The molecule has 2 N–H and O–H groups in total. The van der Waals surface area contributed by atoms with Gasteiger partial charge in [-0.15, -0.1) is 0 Å². The number of nitrogens with zero attached hydrogens (tertiary/aromatic N) is 3. The van der Waals surface area contributed by atoms with Crippen LogP contribution in [0.15, 0.2) is 4.52 Å². The first-order chi connectivity index (χ1) is 10.0. The summed E-state index contributed by atoms with van der Waals surface area (Å²) in [5.41, 5.74) is 0. The van der Waals surface area contributed by atoms with Crippen molar-refractivity contribution in [2.75, 3.05) is 26.2 Å². The molecule has 0 amide bonds. The number of aromatic nitrogens is 2. The predicted molar refractivity (Wildman–Crippen MR) is 80.9 cm³/mol. The molecular weight excluding hydrogens is 268 g/mol. The summed E-state index contributed by atoms with van der Waals surface area (Å²) in [7, 11) is 0. The van der Waals surface area contributed by atoms with Crippen LogP contribution in [0.25, 0.3) is 0 Å². The Morgan fingerprint density at radius 2 is 2.05 bits per heavy atom. The van der Waals surface area contributed by atoms with Gasteiger partial charge in [0.05, 0.1) is 12.6 Å². The lowest BCUT2D eigenvalue weighted by molar-refractivity contribution is 0.0997. The molecule has 6 heteroatoms. The van der Waals surface area contributed by atoms with Crippen molar-refractivity contribution in [3.8, 4) is 0 Å². The molecule has 1 aliphatic rings. The molecule has 0 bridgehead atoms. The number of rotatable bonds is 7. The number of β-amino-alcohol motifs (C(OH)–C–C–N with tert-alkyl or cyclic N) is 1. The highest BCUT2D eigenvalue weighted by Crippen LogP contribution is 2.16. The Morgan fingerprint density at radius 1 is 1.33 bits per heavy atom. The van der Waals surface area contributed by atoms with Crippen LogP contribution in [0.2, 0.25) is 0 Å². The highest BCUT2D eigenvalue weighted by Gasteiger charge is 2.19. The Labute approximate surface area is 126 Å². The van der Waals surface area contributed by atoms with Gasteiger partial charge in [-0.3, -0.25) is 0 Å². The van der Waals surface area contributed by atoms with Crippen LogP contribution in [0.1, 0.15) is 51.2 Å². The first kappa shape index (κ1) is 16.4. The molecule has 0 radical (unpaired) electrons. The van der Waals surface area contributed by atoms with Crippen molar-refractivity contribution in [3.05, 3.63) is 11.7 Å². The standard InChI is InChI=1S/C15H28N4O2/c1-11(2)15-17-14(18-21-15)9-16-8-13-4-6-19(7-5-13)10-12(3)20/h11-13,16,20H,4-10H2,1-3H3/t12-/m1/s1.